The van der Waals surface area contributed by atoms with Crippen LogP contribution in [0.1, 0.15) is 46.5 Å². The Bertz CT molecular complexity index is 223. The number of carbonyl (C=O) groups excluding carboxylic acids is 1. The molecular weight excluding hydrogens is 224 g/mol. The highest BCUT2D eigenvalue weighted by molar-refractivity contribution is 5.85. The molecule has 0 aromatic carbocycles. The Morgan fingerprint density at radius 3 is 2.62 bits per heavy atom. The maximum Gasteiger partial charge on any atom is 0.239 e. The Morgan fingerprint density at radius 1 is 1.44 bits per heavy atom. The molecule has 0 aromatic heterocycles. The molecule has 0 bridgehead atoms. The summed E-state index contributed by atoms with van der Waals surface area (Å²) in [6, 6.07) is 0.0535. The molecule has 0 saturated carbocycles. The smallest absolute Gasteiger partial charge is 0.239 e. The summed E-state index contributed by atoms with van der Waals surface area (Å²) in [6.45, 7) is 7.20. The van der Waals surface area contributed by atoms with E-state index in [9.17, 15) is 4.79 Å². The first-order valence-electron chi connectivity index (χ1n) is 6.12. The Balaban J connectivity index is 0.00000225. The Morgan fingerprint density at radius 2 is 2.06 bits per heavy atom. The highest BCUT2D eigenvalue weighted by atomic mass is 35.5. The fourth-order valence-corrected chi connectivity index (χ4v) is 2.22. The third kappa shape index (κ3) is 3.95. The molecule has 1 amide bonds. The van der Waals surface area contributed by atoms with Crippen molar-refractivity contribution in [1.82, 2.24) is 4.90 Å². The number of hydrogen-bond acceptors (Lipinski definition) is 2. The summed E-state index contributed by atoms with van der Waals surface area (Å²) in [5, 5.41) is 0. The Kier molecular flexibility index (Phi) is 7.00. The molecule has 1 aliphatic rings. The minimum atomic E-state index is -0.308. The second-order valence-corrected chi connectivity index (χ2v) is 4.89. The van der Waals surface area contributed by atoms with Crippen LogP contribution >= 0.6 is 12.4 Å². The Labute approximate surface area is 105 Å². The van der Waals surface area contributed by atoms with E-state index < -0.39 is 0 Å². The van der Waals surface area contributed by atoms with Crippen LogP contribution in [0.5, 0.6) is 0 Å². The predicted octanol–water partition coefficient (Wildman–Crippen LogP) is 2.18. The van der Waals surface area contributed by atoms with Gasteiger partial charge in [0.1, 0.15) is 0 Å². The molecule has 1 fully saturated rings. The molecule has 0 aromatic rings. The molecule has 0 aliphatic carbocycles. The summed E-state index contributed by atoms with van der Waals surface area (Å²) >= 11 is 0. The van der Waals surface area contributed by atoms with Crippen molar-refractivity contribution in [1.29, 1.82) is 0 Å². The first kappa shape index (κ1) is 15.7. The van der Waals surface area contributed by atoms with Crippen LogP contribution in [-0.2, 0) is 4.79 Å². The first-order valence-corrected chi connectivity index (χ1v) is 6.12. The second kappa shape index (κ2) is 7.13. The van der Waals surface area contributed by atoms with Gasteiger partial charge in [0.15, 0.2) is 0 Å². The van der Waals surface area contributed by atoms with Crippen LogP contribution in [0.3, 0.4) is 0 Å². The van der Waals surface area contributed by atoms with Crippen LogP contribution in [-0.4, -0.2) is 29.4 Å². The molecular formula is C12H25ClN2O. The number of halogens is 1. The average molecular weight is 249 g/mol. The number of carbonyl (C=O) groups is 1. The number of hydrogen-bond donors (Lipinski definition) is 1. The highest BCUT2D eigenvalue weighted by Gasteiger charge is 2.27. The van der Waals surface area contributed by atoms with E-state index in [-0.39, 0.29) is 24.4 Å². The van der Waals surface area contributed by atoms with E-state index in [0.29, 0.717) is 12.0 Å². The van der Waals surface area contributed by atoms with Crippen molar-refractivity contribution >= 4 is 18.3 Å². The maximum absolute atomic E-state index is 12.0. The molecule has 1 aliphatic heterocycles. The van der Waals surface area contributed by atoms with E-state index in [1.165, 1.54) is 12.8 Å². The topological polar surface area (TPSA) is 46.3 Å². The van der Waals surface area contributed by atoms with Crippen molar-refractivity contribution in [3.05, 3.63) is 0 Å². The molecule has 1 heterocycles. The van der Waals surface area contributed by atoms with E-state index >= 15 is 0 Å². The number of amides is 1. The molecule has 2 N–H and O–H groups in total. The van der Waals surface area contributed by atoms with E-state index in [4.69, 9.17) is 5.73 Å². The quantitative estimate of drug-likeness (QED) is 0.814. The molecule has 0 radical (unpaired) electrons. The molecule has 3 nitrogen and oxygen atoms in total. The van der Waals surface area contributed by atoms with Crippen LogP contribution in [0.4, 0.5) is 0 Å². The number of nitrogens with two attached hydrogens (primary N) is 1. The number of likely N-dealkylation sites (tertiary alicyclic amines) is 1. The van der Waals surface area contributed by atoms with Crippen LogP contribution < -0.4 is 5.73 Å². The van der Waals surface area contributed by atoms with Gasteiger partial charge in [-0.2, -0.15) is 0 Å². The van der Waals surface area contributed by atoms with Crippen LogP contribution in [0, 0.1) is 5.92 Å². The van der Waals surface area contributed by atoms with Gasteiger partial charge in [0, 0.05) is 12.6 Å². The van der Waals surface area contributed by atoms with E-state index in [0.717, 1.165) is 19.4 Å². The summed E-state index contributed by atoms with van der Waals surface area (Å²) in [6.07, 6.45) is 4.31. The minimum Gasteiger partial charge on any atom is -0.338 e. The van der Waals surface area contributed by atoms with Gasteiger partial charge < -0.3 is 10.6 Å². The summed E-state index contributed by atoms with van der Waals surface area (Å²) in [4.78, 5) is 14.0. The van der Waals surface area contributed by atoms with Crippen LogP contribution in [0.2, 0.25) is 0 Å². The Hall–Kier alpha value is -0.280. The average Bonchev–Trinajstić information content (AvgIpc) is 2.38. The molecule has 16 heavy (non-hydrogen) atoms. The van der Waals surface area contributed by atoms with E-state index in [1.807, 2.05) is 11.8 Å². The first-order chi connectivity index (χ1) is 7.06. The molecule has 0 spiro atoms. The van der Waals surface area contributed by atoms with E-state index in [2.05, 4.69) is 13.8 Å². The fraction of sp³-hybridized carbons (Fsp3) is 0.917. The molecule has 4 heteroatoms. The van der Waals surface area contributed by atoms with Gasteiger partial charge in [-0.05, 0) is 32.1 Å². The standard InChI is InChI=1S/C12H24N2O.ClH/c1-4-11(13)12(15)14-8-9(2)6-5-7-10(14)3;/h9-11H,4-8,13H2,1-3H3;1H/t9?,10?,11-;/m0./s1. The van der Waals surface area contributed by atoms with Crippen molar-refractivity contribution < 1.29 is 4.79 Å². The largest absolute Gasteiger partial charge is 0.338 e. The van der Waals surface area contributed by atoms with Gasteiger partial charge in [-0.15, -0.1) is 12.4 Å². The summed E-state index contributed by atoms with van der Waals surface area (Å²) in [5.41, 5.74) is 5.81. The SMILES string of the molecule is CC[C@H](N)C(=O)N1CC(C)CCCC1C.Cl. The predicted molar refractivity (Wildman–Crippen MR) is 69.7 cm³/mol. The minimum absolute atomic E-state index is 0. The van der Waals surface area contributed by atoms with Crippen LogP contribution in [0.15, 0.2) is 0 Å². The lowest BCUT2D eigenvalue weighted by Gasteiger charge is -2.30. The normalized spacial score (nSPS) is 27.9. The van der Waals surface area contributed by atoms with Gasteiger partial charge >= 0.3 is 0 Å². The maximum atomic E-state index is 12.0. The van der Waals surface area contributed by atoms with Gasteiger partial charge in [0.25, 0.3) is 0 Å². The van der Waals surface area contributed by atoms with Crippen molar-refractivity contribution in [2.45, 2.75) is 58.5 Å². The molecule has 3 atom stereocenters. The van der Waals surface area contributed by atoms with Crippen molar-refractivity contribution in [3.63, 3.8) is 0 Å². The molecule has 1 rings (SSSR count). The van der Waals surface area contributed by atoms with Crippen molar-refractivity contribution in [2.24, 2.45) is 11.7 Å². The highest BCUT2D eigenvalue weighted by Crippen LogP contribution is 2.21. The van der Waals surface area contributed by atoms with Gasteiger partial charge in [0.2, 0.25) is 5.91 Å². The third-order valence-electron chi connectivity index (χ3n) is 3.40. The summed E-state index contributed by atoms with van der Waals surface area (Å²) in [7, 11) is 0. The van der Waals surface area contributed by atoms with Crippen molar-refractivity contribution in [2.75, 3.05) is 6.54 Å². The third-order valence-corrected chi connectivity index (χ3v) is 3.40. The van der Waals surface area contributed by atoms with E-state index in [1.54, 1.807) is 0 Å². The van der Waals surface area contributed by atoms with Gasteiger partial charge in [0.05, 0.1) is 6.04 Å². The lowest BCUT2D eigenvalue weighted by Crippen LogP contribution is -2.48. The van der Waals surface area contributed by atoms with Gasteiger partial charge in [-0.3, -0.25) is 4.79 Å². The fourth-order valence-electron chi connectivity index (χ4n) is 2.22. The summed E-state index contributed by atoms with van der Waals surface area (Å²) in [5.74, 6) is 0.752. The molecule has 1 saturated heterocycles. The molecule has 2 unspecified atom stereocenters. The number of nitrogens with zero attached hydrogens (tertiary/aromatic N) is 1. The second-order valence-electron chi connectivity index (χ2n) is 4.89. The monoisotopic (exact) mass is 248 g/mol. The number of rotatable bonds is 2. The zero-order chi connectivity index (χ0) is 11.4. The van der Waals surface area contributed by atoms with Gasteiger partial charge in [-0.1, -0.05) is 20.3 Å². The van der Waals surface area contributed by atoms with Crippen LogP contribution in [0.25, 0.3) is 0 Å². The van der Waals surface area contributed by atoms with Crippen molar-refractivity contribution in [3.8, 4) is 0 Å². The lowest BCUT2D eigenvalue weighted by molar-refractivity contribution is -0.135. The zero-order valence-corrected chi connectivity index (χ0v) is 11.4. The van der Waals surface area contributed by atoms with Gasteiger partial charge in [-0.25, -0.2) is 0 Å². The zero-order valence-electron chi connectivity index (χ0n) is 10.6. The summed E-state index contributed by atoms with van der Waals surface area (Å²) < 4.78 is 0. The molecule has 96 valence electrons. The lowest BCUT2D eigenvalue weighted by atomic mass is 10.1.